The smallest absolute Gasteiger partial charge is 0.407 e. The van der Waals surface area contributed by atoms with Crippen LogP contribution in [0.25, 0.3) is 0 Å². The molecule has 1 N–H and O–H groups in total. The fraction of sp³-hybridized carbons (Fsp3) is 0.929. The van der Waals surface area contributed by atoms with Gasteiger partial charge in [-0.25, -0.2) is 4.79 Å². The van der Waals surface area contributed by atoms with Gasteiger partial charge in [0.15, 0.2) is 0 Å². The zero-order valence-corrected chi connectivity index (χ0v) is 17.4. The van der Waals surface area contributed by atoms with Gasteiger partial charge in [-0.3, -0.25) is 8.37 Å². The molecule has 0 aromatic rings. The summed E-state index contributed by atoms with van der Waals surface area (Å²) in [4.78, 5) is 11.9. The predicted octanol–water partition coefficient (Wildman–Crippen LogP) is 1.25. The monoisotopic (exact) mass is 403 g/mol. The molecule has 0 radical (unpaired) electrons. The van der Waals surface area contributed by atoms with E-state index in [4.69, 9.17) is 13.1 Å². The van der Waals surface area contributed by atoms with Gasteiger partial charge in [0.05, 0.1) is 31.8 Å². The minimum Gasteiger partial charge on any atom is -0.444 e. The van der Waals surface area contributed by atoms with E-state index in [2.05, 4.69) is 5.32 Å². The Kier molecular flexibility index (Phi) is 8.34. The number of carbonyl (C=O) groups is 1. The first-order valence-electron chi connectivity index (χ1n) is 7.57. The van der Waals surface area contributed by atoms with E-state index < -0.39 is 43.4 Å². The van der Waals surface area contributed by atoms with Crippen LogP contribution in [0.1, 0.15) is 41.0 Å². The zero-order chi connectivity index (χ0) is 20.1. The first kappa shape index (κ1) is 24.1. The van der Waals surface area contributed by atoms with Crippen molar-refractivity contribution in [2.24, 2.45) is 5.41 Å². The van der Waals surface area contributed by atoms with Gasteiger partial charge >= 0.3 is 6.09 Å². The molecule has 0 unspecified atom stereocenters. The molecule has 1 atom stereocenters. The Bertz CT molecular complexity index is 647. The highest BCUT2D eigenvalue weighted by atomic mass is 32.2. The maximum atomic E-state index is 11.9. The van der Waals surface area contributed by atoms with Gasteiger partial charge in [0.25, 0.3) is 20.2 Å². The third kappa shape index (κ3) is 15.1. The van der Waals surface area contributed by atoms with Crippen LogP contribution in [0.5, 0.6) is 0 Å². The molecule has 0 aromatic carbocycles. The largest absolute Gasteiger partial charge is 0.444 e. The molecule has 0 heterocycles. The molecule has 0 aromatic heterocycles. The number of carbonyl (C=O) groups excluding carboxylic acids is 1. The Morgan fingerprint density at radius 2 is 1.44 bits per heavy atom. The summed E-state index contributed by atoms with van der Waals surface area (Å²) < 4.78 is 59.4. The summed E-state index contributed by atoms with van der Waals surface area (Å²) in [6, 6.07) is -0.720. The van der Waals surface area contributed by atoms with Crippen LogP contribution in [-0.2, 0) is 33.3 Å². The second kappa shape index (κ2) is 8.65. The van der Waals surface area contributed by atoms with Gasteiger partial charge in [-0.1, -0.05) is 13.8 Å². The average molecular weight is 404 g/mol. The fourth-order valence-electron chi connectivity index (χ4n) is 1.82. The van der Waals surface area contributed by atoms with E-state index in [1.807, 2.05) is 0 Å². The lowest BCUT2D eigenvalue weighted by molar-refractivity contribution is 0.0457. The number of hydrogen-bond acceptors (Lipinski definition) is 8. The number of alkyl carbamates (subject to hydrolysis) is 1. The summed E-state index contributed by atoms with van der Waals surface area (Å²) >= 11 is 0. The zero-order valence-electron chi connectivity index (χ0n) is 15.8. The SMILES string of the molecule is CC(C)(COS(C)(=O)=O)C[C@@H](COS(C)(=O)=O)NC(=O)OC(C)(C)C. The lowest BCUT2D eigenvalue weighted by atomic mass is 9.87. The van der Waals surface area contributed by atoms with Crippen molar-refractivity contribution in [2.75, 3.05) is 25.7 Å². The van der Waals surface area contributed by atoms with E-state index in [1.54, 1.807) is 34.6 Å². The van der Waals surface area contributed by atoms with Crippen LogP contribution >= 0.6 is 0 Å². The highest BCUT2D eigenvalue weighted by molar-refractivity contribution is 7.86. The third-order valence-electron chi connectivity index (χ3n) is 2.67. The molecule has 11 heteroatoms. The van der Waals surface area contributed by atoms with Crippen molar-refractivity contribution in [3.05, 3.63) is 0 Å². The normalized spacial score (nSPS) is 14.8. The maximum Gasteiger partial charge on any atom is 0.407 e. The Morgan fingerprint density at radius 1 is 0.960 bits per heavy atom. The van der Waals surface area contributed by atoms with Crippen LogP contribution in [0.4, 0.5) is 4.79 Å². The molecule has 0 aliphatic rings. The molecule has 0 fully saturated rings. The Hall–Kier alpha value is -0.910. The van der Waals surface area contributed by atoms with Crippen molar-refractivity contribution in [3.8, 4) is 0 Å². The van der Waals surface area contributed by atoms with Crippen molar-refractivity contribution >= 4 is 26.3 Å². The highest BCUT2D eigenvalue weighted by Gasteiger charge is 2.29. The van der Waals surface area contributed by atoms with Crippen LogP contribution in [0.2, 0.25) is 0 Å². The molecule has 0 saturated heterocycles. The van der Waals surface area contributed by atoms with Gasteiger partial charge in [-0.2, -0.15) is 16.8 Å². The van der Waals surface area contributed by atoms with Gasteiger partial charge in [0.2, 0.25) is 0 Å². The van der Waals surface area contributed by atoms with Crippen molar-refractivity contribution in [2.45, 2.75) is 52.7 Å². The van der Waals surface area contributed by atoms with Gasteiger partial charge in [0.1, 0.15) is 5.60 Å². The number of ether oxygens (including phenoxy) is 1. The van der Waals surface area contributed by atoms with Crippen molar-refractivity contribution < 1.29 is 34.7 Å². The van der Waals surface area contributed by atoms with E-state index in [0.29, 0.717) is 0 Å². The predicted molar refractivity (Wildman–Crippen MR) is 93.1 cm³/mol. The van der Waals surface area contributed by atoms with E-state index in [9.17, 15) is 21.6 Å². The Balaban J connectivity index is 5.01. The van der Waals surface area contributed by atoms with E-state index in [1.165, 1.54) is 0 Å². The molecule has 0 spiro atoms. The first-order chi connectivity index (χ1) is 10.9. The molecule has 150 valence electrons. The van der Waals surface area contributed by atoms with Crippen LogP contribution in [0, 0.1) is 5.41 Å². The topological polar surface area (TPSA) is 125 Å². The Morgan fingerprint density at radius 3 is 1.84 bits per heavy atom. The molecule has 0 aliphatic heterocycles. The maximum absolute atomic E-state index is 11.9. The average Bonchev–Trinajstić information content (AvgIpc) is 2.29. The molecule has 9 nitrogen and oxygen atoms in total. The lowest BCUT2D eigenvalue weighted by Gasteiger charge is -2.30. The van der Waals surface area contributed by atoms with Crippen LogP contribution < -0.4 is 5.32 Å². The minimum absolute atomic E-state index is 0.128. The summed E-state index contributed by atoms with van der Waals surface area (Å²) in [5, 5.41) is 2.54. The van der Waals surface area contributed by atoms with Gasteiger partial charge < -0.3 is 10.1 Å². The van der Waals surface area contributed by atoms with Crippen molar-refractivity contribution in [1.29, 1.82) is 0 Å². The van der Waals surface area contributed by atoms with Gasteiger partial charge in [-0.15, -0.1) is 0 Å². The highest BCUT2D eigenvalue weighted by Crippen LogP contribution is 2.24. The van der Waals surface area contributed by atoms with Crippen LogP contribution in [-0.4, -0.2) is 60.3 Å². The molecule has 0 aliphatic carbocycles. The summed E-state index contributed by atoms with van der Waals surface area (Å²) in [5.74, 6) is 0. The molecule has 0 bridgehead atoms. The van der Waals surface area contributed by atoms with E-state index in [0.717, 1.165) is 12.5 Å². The standard InChI is InChI=1S/C14H29NO8S2/c1-13(2,3)23-12(16)15-11(9-21-24(6,17)18)8-14(4,5)10-22-25(7,19)20/h11H,8-10H2,1-7H3,(H,15,16)/t11-/m0/s1. The van der Waals surface area contributed by atoms with Crippen molar-refractivity contribution in [1.82, 2.24) is 5.32 Å². The minimum atomic E-state index is -3.70. The summed E-state index contributed by atoms with van der Waals surface area (Å²) in [6.07, 6.45) is 1.31. The number of nitrogens with one attached hydrogen (secondary N) is 1. The number of hydrogen-bond donors (Lipinski definition) is 1. The fourth-order valence-corrected chi connectivity index (χ4v) is 2.77. The molecular formula is C14H29NO8S2. The second-order valence-electron chi connectivity index (χ2n) is 7.67. The van der Waals surface area contributed by atoms with Gasteiger partial charge in [0, 0.05) is 0 Å². The van der Waals surface area contributed by atoms with Gasteiger partial charge in [-0.05, 0) is 32.6 Å². The molecule has 1 amide bonds. The molecule has 0 saturated carbocycles. The summed E-state index contributed by atoms with van der Waals surface area (Å²) in [6.45, 7) is 8.10. The third-order valence-corrected chi connectivity index (χ3v) is 3.78. The van der Waals surface area contributed by atoms with E-state index >= 15 is 0 Å². The summed E-state index contributed by atoms with van der Waals surface area (Å²) in [5.41, 5.74) is -1.40. The quantitative estimate of drug-likeness (QED) is 0.570. The number of amides is 1. The summed E-state index contributed by atoms with van der Waals surface area (Å²) in [7, 11) is -7.32. The lowest BCUT2D eigenvalue weighted by Crippen LogP contribution is -2.44. The Labute approximate surface area is 150 Å². The van der Waals surface area contributed by atoms with Crippen molar-refractivity contribution in [3.63, 3.8) is 0 Å². The molecular weight excluding hydrogens is 374 g/mol. The van der Waals surface area contributed by atoms with E-state index in [-0.39, 0.29) is 19.6 Å². The molecule has 25 heavy (non-hydrogen) atoms. The van der Waals surface area contributed by atoms with Crippen LogP contribution in [0.15, 0.2) is 0 Å². The second-order valence-corrected chi connectivity index (χ2v) is 11.0. The first-order valence-corrected chi connectivity index (χ1v) is 11.2. The number of rotatable bonds is 9. The van der Waals surface area contributed by atoms with Crippen LogP contribution in [0.3, 0.4) is 0 Å². The molecule has 0 rings (SSSR count).